The number of hydrogen-bond donors (Lipinski definition) is 3. The van der Waals surface area contributed by atoms with E-state index in [2.05, 4.69) is 27.5 Å². The predicted octanol–water partition coefficient (Wildman–Crippen LogP) is 4.44. The molecule has 0 aliphatic carbocycles. The standard InChI is InChI=1S/C21H24N4O2/c1-3-4-10-24-21(26)15-12-19(25-14-15)20-13-18(9-11-23-20)27-17-7-5-16(22-2)6-8-17/h5-9,11-14,22,25H,3-4,10H2,1-2H3,(H,24,26). The average Bonchev–Trinajstić information content (AvgIpc) is 3.19. The molecule has 0 unspecified atom stereocenters. The molecule has 0 aliphatic rings. The normalized spacial score (nSPS) is 10.4. The van der Waals surface area contributed by atoms with Crippen molar-refractivity contribution in [3.8, 4) is 22.9 Å². The number of H-pyrrole nitrogens is 1. The highest BCUT2D eigenvalue weighted by Gasteiger charge is 2.10. The summed E-state index contributed by atoms with van der Waals surface area (Å²) < 4.78 is 5.90. The van der Waals surface area contributed by atoms with Crippen LogP contribution in [0.3, 0.4) is 0 Å². The molecule has 27 heavy (non-hydrogen) atoms. The molecule has 3 aromatic rings. The lowest BCUT2D eigenvalue weighted by molar-refractivity contribution is 0.0953. The summed E-state index contributed by atoms with van der Waals surface area (Å²) in [5.74, 6) is 1.34. The van der Waals surface area contributed by atoms with Crippen LogP contribution >= 0.6 is 0 Å². The Morgan fingerprint density at radius 3 is 2.70 bits per heavy atom. The molecule has 6 heteroatoms. The second kappa shape index (κ2) is 8.89. The van der Waals surface area contributed by atoms with Crippen LogP contribution in [0.2, 0.25) is 0 Å². The third kappa shape index (κ3) is 4.88. The maximum absolute atomic E-state index is 12.1. The lowest BCUT2D eigenvalue weighted by Gasteiger charge is -2.07. The van der Waals surface area contributed by atoms with Crippen molar-refractivity contribution in [3.05, 3.63) is 60.4 Å². The van der Waals surface area contributed by atoms with Gasteiger partial charge in [0, 0.05) is 37.7 Å². The van der Waals surface area contributed by atoms with Crippen LogP contribution in [-0.4, -0.2) is 29.5 Å². The number of benzene rings is 1. The van der Waals surface area contributed by atoms with Crippen LogP contribution in [0.5, 0.6) is 11.5 Å². The molecular formula is C21H24N4O2. The lowest BCUT2D eigenvalue weighted by Crippen LogP contribution is -2.23. The van der Waals surface area contributed by atoms with E-state index in [1.165, 1.54) is 0 Å². The van der Waals surface area contributed by atoms with Gasteiger partial charge in [-0.05, 0) is 42.8 Å². The average molecular weight is 364 g/mol. The number of unbranched alkanes of at least 4 members (excludes halogenated alkanes) is 1. The van der Waals surface area contributed by atoms with Gasteiger partial charge in [-0.2, -0.15) is 0 Å². The zero-order chi connectivity index (χ0) is 19.1. The maximum Gasteiger partial charge on any atom is 0.252 e. The van der Waals surface area contributed by atoms with Gasteiger partial charge in [-0.1, -0.05) is 13.3 Å². The van der Waals surface area contributed by atoms with E-state index >= 15 is 0 Å². The highest BCUT2D eigenvalue weighted by Crippen LogP contribution is 2.26. The smallest absolute Gasteiger partial charge is 0.252 e. The van der Waals surface area contributed by atoms with Crippen molar-refractivity contribution >= 4 is 11.6 Å². The topological polar surface area (TPSA) is 79.0 Å². The van der Waals surface area contributed by atoms with Crippen LogP contribution in [0.15, 0.2) is 54.9 Å². The third-order valence-electron chi connectivity index (χ3n) is 4.15. The first kappa shape index (κ1) is 18.5. The molecular weight excluding hydrogens is 340 g/mol. The molecule has 2 aromatic heterocycles. The summed E-state index contributed by atoms with van der Waals surface area (Å²) in [4.78, 5) is 19.6. The quantitative estimate of drug-likeness (QED) is 0.516. The molecule has 0 fully saturated rings. The Kier molecular flexibility index (Phi) is 6.10. The second-order valence-electron chi connectivity index (χ2n) is 6.16. The Bertz CT molecular complexity index is 887. The molecule has 3 N–H and O–H groups in total. The molecule has 0 atom stereocenters. The number of carbonyl (C=O) groups is 1. The number of amides is 1. The highest BCUT2D eigenvalue weighted by molar-refractivity contribution is 5.95. The van der Waals surface area contributed by atoms with Crippen LogP contribution < -0.4 is 15.4 Å². The first-order valence-electron chi connectivity index (χ1n) is 9.08. The summed E-state index contributed by atoms with van der Waals surface area (Å²) in [6, 6.07) is 13.2. The molecule has 0 aliphatic heterocycles. The van der Waals surface area contributed by atoms with Crippen molar-refractivity contribution in [2.75, 3.05) is 18.9 Å². The van der Waals surface area contributed by atoms with Gasteiger partial charge >= 0.3 is 0 Å². The van der Waals surface area contributed by atoms with Gasteiger partial charge in [-0.15, -0.1) is 0 Å². The Morgan fingerprint density at radius 1 is 1.15 bits per heavy atom. The zero-order valence-electron chi connectivity index (χ0n) is 15.6. The van der Waals surface area contributed by atoms with E-state index in [1.54, 1.807) is 24.5 Å². The van der Waals surface area contributed by atoms with Crippen molar-refractivity contribution in [1.82, 2.24) is 15.3 Å². The van der Waals surface area contributed by atoms with Gasteiger partial charge in [0.2, 0.25) is 0 Å². The van der Waals surface area contributed by atoms with E-state index in [0.29, 0.717) is 23.6 Å². The maximum atomic E-state index is 12.1. The SMILES string of the molecule is CCCCNC(=O)c1c[nH]c(-c2cc(Oc3ccc(NC)cc3)ccn2)c1. The Hall–Kier alpha value is -3.28. The van der Waals surface area contributed by atoms with Crippen molar-refractivity contribution in [3.63, 3.8) is 0 Å². The number of nitrogens with one attached hydrogen (secondary N) is 3. The zero-order valence-corrected chi connectivity index (χ0v) is 15.6. The number of aromatic nitrogens is 2. The minimum Gasteiger partial charge on any atom is -0.457 e. The Balaban J connectivity index is 1.70. The predicted molar refractivity (Wildman–Crippen MR) is 107 cm³/mol. The minimum atomic E-state index is -0.0806. The fraction of sp³-hybridized carbons (Fsp3) is 0.238. The van der Waals surface area contributed by atoms with Crippen LogP contribution in [0, 0.1) is 0 Å². The van der Waals surface area contributed by atoms with Crippen molar-refractivity contribution < 1.29 is 9.53 Å². The number of anilines is 1. The number of aromatic amines is 1. The molecule has 0 saturated heterocycles. The molecule has 0 saturated carbocycles. The summed E-state index contributed by atoms with van der Waals surface area (Å²) in [7, 11) is 1.87. The summed E-state index contributed by atoms with van der Waals surface area (Å²) in [5.41, 5.74) is 3.10. The monoisotopic (exact) mass is 364 g/mol. The van der Waals surface area contributed by atoms with Gasteiger partial charge in [-0.25, -0.2) is 0 Å². The van der Waals surface area contributed by atoms with Crippen LogP contribution in [0.4, 0.5) is 5.69 Å². The number of pyridine rings is 1. The van der Waals surface area contributed by atoms with E-state index < -0.39 is 0 Å². The van der Waals surface area contributed by atoms with E-state index in [0.717, 1.165) is 30.0 Å². The van der Waals surface area contributed by atoms with Gasteiger partial charge in [0.15, 0.2) is 0 Å². The van der Waals surface area contributed by atoms with Crippen molar-refractivity contribution in [2.45, 2.75) is 19.8 Å². The van der Waals surface area contributed by atoms with Gasteiger partial charge < -0.3 is 20.4 Å². The fourth-order valence-electron chi connectivity index (χ4n) is 2.60. The van der Waals surface area contributed by atoms with E-state index in [9.17, 15) is 4.79 Å². The largest absolute Gasteiger partial charge is 0.457 e. The molecule has 3 rings (SSSR count). The van der Waals surface area contributed by atoms with Gasteiger partial charge in [0.05, 0.1) is 17.0 Å². The fourth-order valence-corrected chi connectivity index (χ4v) is 2.60. The molecule has 0 spiro atoms. The second-order valence-corrected chi connectivity index (χ2v) is 6.16. The van der Waals surface area contributed by atoms with E-state index in [-0.39, 0.29) is 5.91 Å². The van der Waals surface area contributed by atoms with Crippen LogP contribution in [-0.2, 0) is 0 Å². The molecule has 1 aromatic carbocycles. The number of ether oxygens (including phenoxy) is 1. The van der Waals surface area contributed by atoms with Crippen LogP contribution in [0.1, 0.15) is 30.1 Å². The summed E-state index contributed by atoms with van der Waals surface area (Å²) >= 11 is 0. The number of carbonyl (C=O) groups excluding carboxylic acids is 1. The molecule has 140 valence electrons. The summed E-state index contributed by atoms with van der Waals surface area (Å²) in [5, 5.41) is 5.98. The van der Waals surface area contributed by atoms with Gasteiger partial charge in [0.25, 0.3) is 5.91 Å². The Labute approximate surface area is 159 Å². The summed E-state index contributed by atoms with van der Waals surface area (Å²) in [6.07, 6.45) is 5.41. The van der Waals surface area contributed by atoms with Gasteiger partial charge in [0.1, 0.15) is 11.5 Å². The molecule has 0 radical (unpaired) electrons. The van der Waals surface area contributed by atoms with Gasteiger partial charge in [-0.3, -0.25) is 9.78 Å². The minimum absolute atomic E-state index is 0.0806. The molecule has 0 bridgehead atoms. The number of nitrogens with zero attached hydrogens (tertiary/aromatic N) is 1. The number of hydrogen-bond acceptors (Lipinski definition) is 4. The number of rotatable bonds is 8. The van der Waals surface area contributed by atoms with Crippen molar-refractivity contribution in [2.24, 2.45) is 0 Å². The lowest BCUT2D eigenvalue weighted by atomic mass is 10.2. The first-order chi connectivity index (χ1) is 13.2. The molecule has 6 nitrogen and oxygen atoms in total. The van der Waals surface area contributed by atoms with Crippen LogP contribution in [0.25, 0.3) is 11.4 Å². The van der Waals surface area contributed by atoms with Crippen molar-refractivity contribution in [1.29, 1.82) is 0 Å². The molecule has 2 heterocycles. The Morgan fingerprint density at radius 2 is 1.96 bits per heavy atom. The molecule has 1 amide bonds. The van der Waals surface area contributed by atoms with E-state index in [1.807, 2.05) is 37.4 Å². The third-order valence-corrected chi connectivity index (χ3v) is 4.15. The van der Waals surface area contributed by atoms with E-state index in [4.69, 9.17) is 4.74 Å². The highest BCUT2D eigenvalue weighted by atomic mass is 16.5. The first-order valence-corrected chi connectivity index (χ1v) is 9.08. The summed E-state index contributed by atoms with van der Waals surface area (Å²) in [6.45, 7) is 2.78.